The van der Waals surface area contributed by atoms with Crippen molar-refractivity contribution < 1.29 is 15.3 Å². The van der Waals surface area contributed by atoms with E-state index in [0.717, 1.165) is 32.1 Å². The molecule has 0 unspecified atom stereocenters. The number of allylic oxidation sites excluding steroid dienone is 1. The van der Waals surface area contributed by atoms with Crippen LogP contribution < -0.4 is 0 Å². The lowest BCUT2D eigenvalue weighted by molar-refractivity contribution is -0.0723. The Labute approximate surface area is 121 Å². The van der Waals surface area contributed by atoms with Gasteiger partial charge in [0.05, 0.1) is 16.8 Å². The highest BCUT2D eigenvalue weighted by Gasteiger charge is 2.62. The highest BCUT2D eigenvalue weighted by molar-refractivity contribution is 5.16. The van der Waals surface area contributed by atoms with Crippen LogP contribution >= 0.6 is 0 Å². The van der Waals surface area contributed by atoms with Gasteiger partial charge in [-0.15, -0.1) is 0 Å². The summed E-state index contributed by atoms with van der Waals surface area (Å²) in [5.74, 6) is 0.500. The highest BCUT2D eigenvalue weighted by atomic mass is 16.3. The van der Waals surface area contributed by atoms with Gasteiger partial charge in [-0.1, -0.05) is 12.2 Å². The highest BCUT2D eigenvalue weighted by Crippen LogP contribution is 2.60. The van der Waals surface area contributed by atoms with Gasteiger partial charge in [-0.2, -0.15) is 0 Å². The topological polar surface area (TPSA) is 60.7 Å². The summed E-state index contributed by atoms with van der Waals surface area (Å²) in [5.41, 5.74) is -2.17. The van der Waals surface area contributed by atoms with Crippen molar-refractivity contribution in [2.24, 2.45) is 23.7 Å². The van der Waals surface area contributed by atoms with Crippen LogP contribution in [0.1, 0.15) is 52.9 Å². The molecule has 3 nitrogen and oxygen atoms in total. The fourth-order valence-corrected chi connectivity index (χ4v) is 4.83. The Hall–Kier alpha value is -0.380. The fourth-order valence-electron chi connectivity index (χ4n) is 4.83. The molecule has 0 heterocycles. The second kappa shape index (κ2) is 4.31. The average Bonchev–Trinajstić information content (AvgIpc) is 3.07. The summed E-state index contributed by atoms with van der Waals surface area (Å²) in [6.07, 6.45) is 8.27. The molecule has 20 heavy (non-hydrogen) atoms. The van der Waals surface area contributed by atoms with Crippen molar-refractivity contribution in [3.8, 4) is 0 Å². The van der Waals surface area contributed by atoms with Crippen LogP contribution in [0.15, 0.2) is 12.2 Å². The van der Waals surface area contributed by atoms with Crippen LogP contribution in [-0.2, 0) is 0 Å². The smallest absolute Gasteiger partial charge is 0.0686 e. The Morgan fingerprint density at radius 2 is 1.60 bits per heavy atom. The van der Waals surface area contributed by atoms with E-state index in [1.54, 1.807) is 0 Å². The van der Waals surface area contributed by atoms with Gasteiger partial charge in [-0.25, -0.2) is 0 Å². The molecule has 3 rings (SSSR count). The van der Waals surface area contributed by atoms with E-state index < -0.39 is 16.8 Å². The third kappa shape index (κ3) is 2.15. The molecule has 7 atom stereocenters. The predicted octanol–water partition coefficient (Wildman–Crippen LogP) is 2.25. The lowest BCUT2D eigenvalue weighted by Gasteiger charge is -2.38. The van der Waals surface area contributed by atoms with Crippen LogP contribution in [0.4, 0.5) is 0 Å². The van der Waals surface area contributed by atoms with E-state index in [0.29, 0.717) is 0 Å². The van der Waals surface area contributed by atoms with Crippen molar-refractivity contribution in [3.05, 3.63) is 12.2 Å². The molecule has 0 aliphatic heterocycles. The maximum absolute atomic E-state index is 11.1. The molecule has 0 aromatic carbocycles. The van der Waals surface area contributed by atoms with E-state index in [1.165, 1.54) is 0 Å². The molecule has 2 saturated carbocycles. The summed E-state index contributed by atoms with van der Waals surface area (Å²) >= 11 is 0. The van der Waals surface area contributed by atoms with Gasteiger partial charge in [0.1, 0.15) is 0 Å². The number of hydrogen-bond acceptors (Lipinski definition) is 3. The maximum atomic E-state index is 11.1. The number of fused-ring (bicyclic) bond motifs is 2. The van der Waals surface area contributed by atoms with Crippen LogP contribution in [0.25, 0.3) is 0 Å². The molecule has 0 bridgehead atoms. The van der Waals surface area contributed by atoms with E-state index in [-0.39, 0.29) is 23.7 Å². The molecule has 0 aromatic heterocycles. The lowest BCUT2D eigenvalue weighted by Crippen LogP contribution is -2.45. The van der Waals surface area contributed by atoms with Crippen LogP contribution in [0.3, 0.4) is 0 Å². The van der Waals surface area contributed by atoms with Gasteiger partial charge in [0.15, 0.2) is 0 Å². The molecule has 0 aromatic rings. The summed E-state index contributed by atoms with van der Waals surface area (Å²) in [4.78, 5) is 0. The van der Waals surface area contributed by atoms with E-state index in [4.69, 9.17) is 0 Å². The minimum atomic E-state index is -0.790. The summed E-state index contributed by atoms with van der Waals surface area (Å²) in [7, 11) is 0. The first-order valence-electron chi connectivity index (χ1n) is 8.00. The van der Waals surface area contributed by atoms with Gasteiger partial charge in [0.25, 0.3) is 0 Å². The van der Waals surface area contributed by atoms with E-state index in [9.17, 15) is 15.3 Å². The van der Waals surface area contributed by atoms with Gasteiger partial charge in [0.2, 0.25) is 0 Å². The first kappa shape index (κ1) is 14.6. The van der Waals surface area contributed by atoms with Crippen LogP contribution in [-0.4, -0.2) is 32.1 Å². The number of aliphatic hydroxyl groups is 3. The second-order valence-electron chi connectivity index (χ2n) is 8.03. The van der Waals surface area contributed by atoms with Crippen molar-refractivity contribution in [3.63, 3.8) is 0 Å². The maximum Gasteiger partial charge on any atom is 0.0686 e. The zero-order valence-electron chi connectivity index (χ0n) is 12.8. The Bertz CT molecular complexity index is 422. The molecule has 2 fully saturated rings. The molecule has 114 valence electrons. The zero-order valence-corrected chi connectivity index (χ0v) is 12.8. The summed E-state index contributed by atoms with van der Waals surface area (Å²) < 4.78 is 0. The van der Waals surface area contributed by atoms with Gasteiger partial charge in [0, 0.05) is 5.92 Å². The van der Waals surface area contributed by atoms with Crippen molar-refractivity contribution >= 4 is 0 Å². The SMILES string of the molecule is C[C@]1(O)[C@@H]2C[C@H]2[C@](C)(O)CC/C=C/[C@H]2[C@H]1CC[C@@]2(C)O. The zero-order chi connectivity index (χ0) is 14.8. The van der Waals surface area contributed by atoms with Crippen LogP contribution in [0.2, 0.25) is 0 Å². The largest absolute Gasteiger partial charge is 0.390 e. The average molecular weight is 280 g/mol. The van der Waals surface area contributed by atoms with E-state index in [1.807, 2.05) is 20.8 Å². The van der Waals surface area contributed by atoms with Crippen molar-refractivity contribution in [2.45, 2.75) is 69.7 Å². The summed E-state index contributed by atoms with van der Waals surface area (Å²) in [5, 5.41) is 32.3. The van der Waals surface area contributed by atoms with Gasteiger partial charge in [-0.05, 0) is 70.6 Å². The molecule has 0 amide bonds. The van der Waals surface area contributed by atoms with Crippen molar-refractivity contribution in [2.75, 3.05) is 0 Å². The third-order valence-electron chi connectivity index (χ3n) is 6.36. The van der Waals surface area contributed by atoms with Crippen LogP contribution in [0, 0.1) is 23.7 Å². The second-order valence-corrected chi connectivity index (χ2v) is 8.03. The van der Waals surface area contributed by atoms with E-state index in [2.05, 4.69) is 12.2 Å². The molecular formula is C17H28O3. The molecule has 0 saturated heterocycles. The van der Waals surface area contributed by atoms with Gasteiger partial charge in [-0.3, -0.25) is 0 Å². The predicted molar refractivity (Wildman–Crippen MR) is 78.1 cm³/mol. The Kier molecular flexibility index (Phi) is 3.14. The van der Waals surface area contributed by atoms with E-state index >= 15 is 0 Å². The quantitative estimate of drug-likeness (QED) is 0.596. The normalized spacial score (nSPS) is 60.5. The van der Waals surface area contributed by atoms with Crippen LogP contribution in [0.5, 0.6) is 0 Å². The van der Waals surface area contributed by atoms with Gasteiger partial charge >= 0.3 is 0 Å². The standard InChI is InChI=1S/C17H28O3/c1-15(18)8-5-4-6-11-12(7-9-16(11,2)19)17(3,20)14-10-13(14)15/h4,6,11-14,18-20H,5,7-10H2,1-3H3/b6-4+/t11-,12+,13+,14+,15+,16+,17+/m0/s1. The molecular weight excluding hydrogens is 252 g/mol. The van der Waals surface area contributed by atoms with Crippen molar-refractivity contribution in [1.29, 1.82) is 0 Å². The first-order valence-corrected chi connectivity index (χ1v) is 8.00. The minimum absolute atomic E-state index is 0.0294. The third-order valence-corrected chi connectivity index (χ3v) is 6.36. The Balaban J connectivity index is 1.95. The number of rotatable bonds is 0. The molecule has 3 heteroatoms. The first-order chi connectivity index (χ1) is 9.16. The molecule has 0 spiro atoms. The lowest BCUT2D eigenvalue weighted by atomic mass is 9.73. The Morgan fingerprint density at radius 1 is 0.900 bits per heavy atom. The molecule has 0 radical (unpaired) electrons. The molecule has 3 aliphatic carbocycles. The molecule has 3 aliphatic rings. The fraction of sp³-hybridized carbons (Fsp3) is 0.882. The minimum Gasteiger partial charge on any atom is -0.390 e. The monoisotopic (exact) mass is 280 g/mol. The van der Waals surface area contributed by atoms with Crippen molar-refractivity contribution in [1.82, 2.24) is 0 Å². The summed E-state index contributed by atoms with van der Waals surface area (Å²) in [6, 6.07) is 0. The summed E-state index contributed by atoms with van der Waals surface area (Å²) in [6.45, 7) is 5.72. The Morgan fingerprint density at radius 3 is 2.30 bits per heavy atom. The molecule has 3 N–H and O–H groups in total. The van der Waals surface area contributed by atoms with Gasteiger partial charge < -0.3 is 15.3 Å². The number of hydrogen-bond donors (Lipinski definition) is 3.